The number of nitrogens with zero attached hydrogens (tertiary/aromatic N) is 3. The molecule has 1 N–H and O–H groups in total. The molecule has 0 bridgehead atoms. The zero-order chi connectivity index (χ0) is 15.7. The molecule has 1 fully saturated rings. The molecule has 0 heterocycles. The van der Waals surface area contributed by atoms with E-state index in [0.717, 1.165) is 51.5 Å². The monoisotopic (exact) mass is 298 g/mol. The zero-order valence-electron chi connectivity index (χ0n) is 14.4. The van der Waals surface area contributed by atoms with Gasteiger partial charge in [0.15, 0.2) is 0 Å². The number of hydrogen-bond donors (Lipinski definition) is 1. The summed E-state index contributed by atoms with van der Waals surface area (Å²) < 4.78 is 0. The molecule has 5 heteroatoms. The molecule has 1 rings (SSSR count). The molecule has 21 heavy (non-hydrogen) atoms. The van der Waals surface area contributed by atoms with Crippen molar-refractivity contribution in [2.45, 2.75) is 25.7 Å². The van der Waals surface area contributed by atoms with Crippen LogP contribution in [0.25, 0.3) is 0 Å². The van der Waals surface area contributed by atoms with Crippen LogP contribution < -0.4 is 5.32 Å². The lowest BCUT2D eigenvalue weighted by Crippen LogP contribution is -2.41. The summed E-state index contributed by atoms with van der Waals surface area (Å²) in [7, 11) is 8.32. The van der Waals surface area contributed by atoms with Gasteiger partial charge in [0.05, 0.1) is 6.54 Å². The molecule has 0 aromatic heterocycles. The summed E-state index contributed by atoms with van der Waals surface area (Å²) in [5, 5.41) is 3.31. The van der Waals surface area contributed by atoms with Gasteiger partial charge in [-0.2, -0.15) is 0 Å². The van der Waals surface area contributed by atoms with Gasteiger partial charge in [0, 0.05) is 13.1 Å². The van der Waals surface area contributed by atoms with E-state index in [4.69, 9.17) is 0 Å². The molecule has 1 aliphatic rings. The molecule has 0 aliphatic heterocycles. The Morgan fingerprint density at radius 1 is 0.952 bits per heavy atom. The van der Waals surface area contributed by atoms with Gasteiger partial charge in [0.1, 0.15) is 0 Å². The summed E-state index contributed by atoms with van der Waals surface area (Å²) in [6, 6.07) is 0. The number of amides is 1. The summed E-state index contributed by atoms with van der Waals surface area (Å²) in [5.74, 6) is 1.09. The molecule has 0 saturated heterocycles. The molecule has 0 aromatic carbocycles. The summed E-state index contributed by atoms with van der Waals surface area (Å²) >= 11 is 0. The fourth-order valence-electron chi connectivity index (χ4n) is 2.33. The fourth-order valence-corrected chi connectivity index (χ4v) is 2.33. The van der Waals surface area contributed by atoms with Crippen molar-refractivity contribution >= 4 is 5.91 Å². The third-order valence-corrected chi connectivity index (χ3v) is 3.83. The average Bonchev–Trinajstić information content (AvgIpc) is 3.20. The van der Waals surface area contributed by atoms with Crippen LogP contribution in [0.4, 0.5) is 0 Å². The van der Waals surface area contributed by atoms with E-state index in [0.29, 0.717) is 6.54 Å². The van der Waals surface area contributed by atoms with Gasteiger partial charge in [0.2, 0.25) is 5.91 Å². The highest BCUT2D eigenvalue weighted by atomic mass is 16.2. The third kappa shape index (κ3) is 9.82. The molecule has 5 nitrogen and oxygen atoms in total. The van der Waals surface area contributed by atoms with Crippen molar-refractivity contribution in [3.63, 3.8) is 0 Å². The van der Waals surface area contributed by atoms with Crippen LogP contribution in [0.3, 0.4) is 0 Å². The van der Waals surface area contributed by atoms with Crippen LogP contribution in [0.2, 0.25) is 0 Å². The number of carbonyl (C=O) groups excluding carboxylic acids is 1. The number of hydrogen-bond acceptors (Lipinski definition) is 4. The smallest absolute Gasteiger partial charge is 0.236 e. The molecule has 1 saturated carbocycles. The average molecular weight is 298 g/mol. The summed E-state index contributed by atoms with van der Waals surface area (Å²) in [6.45, 7) is 5.32. The van der Waals surface area contributed by atoms with Crippen LogP contribution in [-0.4, -0.2) is 88.1 Å². The lowest BCUT2D eigenvalue weighted by molar-refractivity contribution is -0.130. The first-order chi connectivity index (χ1) is 9.99. The van der Waals surface area contributed by atoms with Gasteiger partial charge in [0.25, 0.3) is 0 Å². The van der Waals surface area contributed by atoms with E-state index in [1.807, 2.05) is 4.90 Å². The largest absolute Gasteiger partial charge is 0.341 e. The Morgan fingerprint density at radius 2 is 1.48 bits per heavy atom. The first-order valence-electron chi connectivity index (χ1n) is 8.27. The molecule has 1 aliphatic carbocycles. The Labute approximate surface area is 130 Å². The number of carbonyl (C=O) groups is 1. The molecule has 0 atom stereocenters. The predicted molar refractivity (Wildman–Crippen MR) is 88.5 cm³/mol. The maximum Gasteiger partial charge on any atom is 0.236 e. The molecule has 124 valence electrons. The van der Waals surface area contributed by atoms with Crippen molar-refractivity contribution in [2.24, 2.45) is 5.92 Å². The van der Waals surface area contributed by atoms with Gasteiger partial charge in [-0.15, -0.1) is 0 Å². The van der Waals surface area contributed by atoms with Crippen molar-refractivity contribution in [1.29, 1.82) is 0 Å². The highest BCUT2D eigenvalue weighted by Crippen LogP contribution is 2.27. The number of rotatable bonds is 12. The van der Waals surface area contributed by atoms with Crippen molar-refractivity contribution in [3.8, 4) is 0 Å². The third-order valence-electron chi connectivity index (χ3n) is 3.83. The van der Waals surface area contributed by atoms with Gasteiger partial charge < -0.3 is 20.0 Å². The quantitative estimate of drug-likeness (QED) is 0.576. The van der Waals surface area contributed by atoms with Crippen LogP contribution in [0, 0.1) is 5.92 Å². The summed E-state index contributed by atoms with van der Waals surface area (Å²) in [4.78, 5) is 18.7. The van der Waals surface area contributed by atoms with Gasteiger partial charge in [-0.05, 0) is 79.4 Å². The van der Waals surface area contributed by atoms with Crippen molar-refractivity contribution in [3.05, 3.63) is 0 Å². The normalized spacial score (nSPS) is 15.0. The Kier molecular flexibility index (Phi) is 8.88. The van der Waals surface area contributed by atoms with E-state index in [-0.39, 0.29) is 5.91 Å². The van der Waals surface area contributed by atoms with E-state index in [9.17, 15) is 4.79 Å². The van der Waals surface area contributed by atoms with E-state index < -0.39 is 0 Å². The van der Waals surface area contributed by atoms with Crippen LogP contribution in [0.5, 0.6) is 0 Å². The Balaban J connectivity index is 2.26. The zero-order valence-corrected chi connectivity index (χ0v) is 14.4. The highest BCUT2D eigenvalue weighted by molar-refractivity contribution is 5.78. The topological polar surface area (TPSA) is 38.8 Å². The van der Waals surface area contributed by atoms with Crippen molar-refractivity contribution in [1.82, 2.24) is 20.0 Å². The second-order valence-corrected chi connectivity index (χ2v) is 6.77. The minimum absolute atomic E-state index is 0.258. The molecule has 0 radical (unpaired) electrons. The number of nitrogens with one attached hydrogen (secondary N) is 1. The second-order valence-electron chi connectivity index (χ2n) is 6.77. The fraction of sp³-hybridized carbons (Fsp3) is 0.938. The predicted octanol–water partition coefficient (Wildman–Crippen LogP) is 0.718. The summed E-state index contributed by atoms with van der Waals surface area (Å²) in [6.07, 6.45) is 4.75. The van der Waals surface area contributed by atoms with E-state index in [1.54, 1.807) is 0 Å². The Bertz CT molecular complexity index is 276. The molecule has 0 aromatic rings. The second kappa shape index (κ2) is 10.1. The molecular weight excluding hydrogens is 264 g/mol. The molecular formula is C16H34N4O. The van der Waals surface area contributed by atoms with Gasteiger partial charge in [-0.1, -0.05) is 0 Å². The van der Waals surface area contributed by atoms with E-state index in [1.165, 1.54) is 12.8 Å². The first-order valence-corrected chi connectivity index (χ1v) is 8.27. The van der Waals surface area contributed by atoms with Crippen LogP contribution in [0.15, 0.2) is 0 Å². The van der Waals surface area contributed by atoms with Crippen LogP contribution in [0.1, 0.15) is 25.7 Å². The maximum atomic E-state index is 12.3. The minimum atomic E-state index is 0.258. The van der Waals surface area contributed by atoms with Crippen molar-refractivity contribution < 1.29 is 4.79 Å². The van der Waals surface area contributed by atoms with Gasteiger partial charge >= 0.3 is 0 Å². The maximum absolute atomic E-state index is 12.3. The van der Waals surface area contributed by atoms with Gasteiger partial charge in [-0.25, -0.2) is 0 Å². The molecule has 1 amide bonds. The van der Waals surface area contributed by atoms with Crippen molar-refractivity contribution in [2.75, 3.05) is 67.5 Å². The lowest BCUT2D eigenvalue weighted by atomic mass is 10.3. The van der Waals surface area contributed by atoms with Crippen LogP contribution in [-0.2, 0) is 4.79 Å². The summed E-state index contributed by atoms with van der Waals surface area (Å²) in [5.41, 5.74) is 0. The van der Waals surface area contributed by atoms with Crippen LogP contribution >= 0.6 is 0 Å². The molecule has 0 spiro atoms. The SMILES string of the molecule is CN(C)CCCN(CCCN(C)C)C(=O)CNCC1CC1. The Hall–Kier alpha value is -0.650. The van der Waals surface area contributed by atoms with E-state index in [2.05, 4.69) is 43.3 Å². The Morgan fingerprint density at radius 3 is 1.90 bits per heavy atom. The molecule has 0 unspecified atom stereocenters. The lowest BCUT2D eigenvalue weighted by Gasteiger charge is -2.24. The standard InChI is InChI=1S/C16H34N4O/c1-18(2)9-5-11-20(12-6-10-19(3)4)16(21)14-17-13-15-7-8-15/h15,17H,5-14H2,1-4H3. The first kappa shape index (κ1) is 18.4. The van der Waals surface area contributed by atoms with E-state index >= 15 is 0 Å². The van der Waals surface area contributed by atoms with Gasteiger partial charge in [-0.3, -0.25) is 4.79 Å². The minimum Gasteiger partial charge on any atom is -0.341 e. The highest BCUT2D eigenvalue weighted by Gasteiger charge is 2.21.